The number of hydrogen-bond acceptors (Lipinski definition) is 6. The van der Waals surface area contributed by atoms with E-state index >= 15 is 0 Å². The summed E-state index contributed by atoms with van der Waals surface area (Å²) in [6.45, 7) is 0. The van der Waals surface area contributed by atoms with Gasteiger partial charge in [-0.15, -0.1) is 0 Å². The zero-order valence-electron chi connectivity index (χ0n) is 14.4. The minimum atomic E-state index is -4.54. The molecule has 2 saturated carbocycles. The van der Waals surface area contributed by atoms with Gasteiger partial charge in [-0.25, -0.2) is 4.98 Å². The van der Waals surface area contributed by atoms with E-state index in [1.807, 2.05) is 0 Å². The minimum Gasteiger partial charge on any atom is -0.372 e. The number of amides is 1. The Bertz CT molecular complexity index is 891. The van der Waals surface area contributed by atoms with Gasteiger partial charge in [0.15, 0.2) is 0 Å². The molecule has 2 aromatic heterocycles. The SMILES string of the molecule is CNc1nc(Nc2cn([C@@H]3CC3C(N)=O)nc2C2CC2)ncc1C(F)(F)F. The van der Waals surface area contributed by atoms with E-state index in [4.69, 9.17) is 5.73 Å². The van der Waals surface area contributed by atoms with Crippen molar-refractivity contribution in [1.82, 2.24) is 19.7 Å². The van der Waals surface area contributed by atoms with Crippen LogP contribution in [0.15, 0.2) is 12.4 Å². The molecule has 11 heteroatoms. The molecule has 8 nitrogen and oxygen atoms in total. The summed E-state index contributed by atoms with van der Waals surface area (Å²) in [5.74, 6) is -0.573. The van der Waals surface area contributed by atoms with Crippen molar-refractivity contribution in [3.8, 4) is 0 Å². The molecule has 0 bridgehead atoms. The third kappa shape index (κ3) is 3.40. The van der Waals surface area contributed by atoms with E-state index in [0.717, 1.165) is 24.7 Å². The van der Waals surface area contributed by atoms with Crippen molar-refractivity contribution >= 4 is 23.4 Å². The van der Waals surface area contributed by atoms with E-state index in [2.05, 4.69) is 25.7 Å². The Labute approximate surface area is 152 Å². The van der Waals surface area contributed by atoms with Crippen LogP contribution in [0.3, 0.4) is 0 Å². The lowest BCUT2D eigenvalue weighted by Gasteiger charge is -2.12. The third-order valence-corrected chi connectivity index (χ3v) is 4.76. The molecule has 4 rings (SSSR count). The van der Waals surface area contributed by atoms with Gasteiger partial charge in [0.2, 0.25) is 11.9 Å². The van der Waals surface area contributed by atoms with Crippen molar-refractivity contribution in [1.29, 1.82) is 0 Å². The van der Waals surface area contributed by atoms with Crippen LogP contribution < -0.4 is 16.4 Å². The fourth-order valence-electron chi connectivity index (χ4n) is 3.07. The number of hydrogen-bond donors (Lipinski definition) is 3. The highest BCUT2D eigenvalue weighted by Crippen LogP contribution is 2.47. The molecule has 0 aliphatic heterocycles. The highest BCUT2D eigenvalue weighted by molar-refractivity contribution is 5.80. The van der Waals surface area contributed by atoms with Crippen LogP contribution in [0.2, 0.25) is 0 Å². The van der Waals surface area contributed by atoms with Crippen molar-refractivity contribution in [3.05, 3.63) is 23.7 Å². The first-order chi connectivity index (χ1) is 12.8. The summed E-state index contributed by atoms with van der Waals surface area (Å²) in [5, 5.41) is 9.97. The van der Waals surface area contributed by atoms with Crippen LogP contribution in [0.4, 0.5) is 30.6 Å². The average molecular weight is 381 g/mol. The first-order valence-electron chi connectivity index (χ1n) is 8.55. The Kier molecular flexibility index (Phi) is 3.97. The van der Waals surface area contributed by atoms with E-state index in [1.165, 1.54) is 7.05 Å². The number of rotatable bonds is 6. The second kappa shape index (κ2) is 6.10. The maximum atomic E-state index is 13.0. The predicted molar refractivity (Wildman–Crippen MR) is 90.4 cm³/mol. The first kappa shape index (κ1) is 17.6. The number of nitrogens with zero attached hydrogens (tertiary/aromatic N) is 4. The lowest BCUT2D eigenvalue weighted by atomic mass is 10.2. The molecule has 0 spiro atoms. The van der Waals surface area contributed by atoms with E-state index in [0.29, 0.717) is 12.1 Å². The van der Waals surface area contributed by atoms with Crippen molar-refractivity contribution < 1.29 is 18.0 Å². The quantitative estimate of drug-likeness (QED) is 0.709. The highest BCUT2D eigenvalue weighted by Gasteiger charge is 2.45. The van der Waals surface area contributed by atoms with Crippen LogP contribution in [-0.2, 0) is 11.0 Å². The molecule has 0 saturated heterocycles. The minimum absolute atomic E-state index is 0.0380. The zero-order chi connectivity index (χ0) is 19.3. The van der Waals surface area contributed by atoms with Gasteiger partial charge in [-0.1, -0.05) is 0 Å². The molecule has 0 radical (unpaired) electrons. The fourth-order valence-corrected chi connectivity index (χ4v) is 3.07. The van der Waals surface area contributed by atoms with Gasteiger partial charge in [0.05, 0.1) is 23.3 Å². The van der Waals surface area contributed by atoms with Gasteiger partial charge >= 0.3 is 6.18 Å². The van der Waals surface area contributed by atoms with Gasteiger partial charge in [-0.05, 0) is 19.3 Å². The third-order valence-electron chi connectivity index (χ3n) is 4.76. The molecule has 2 fully saturated rings. The van der Waals surface area contributed by atoms with Crippen molar-refractivity contribution in [2.24, 2.45) is 11.7 Å². The van der Waals surface area contributed by atoms with Gasteiger partial charge in [0.25, 0.3) is 0 Å². The fraction of sp³-hybridized carbons (Fsp3) is 0.500. The number of carbonyl (C=O) groups excluding carboxylic acids is 1. The Morgan fingerprint density at radius 3 is 2.67 bits per heavy atom. The molecular formula is C16H18F3N7O. The Morgan fingerprint density at radius 2 is 2.11 bits per heavy atom. The van der Waals surface area contributed by atoms with Crippen LogP contribution in [-0.4, -0.2) is 32.7 Å². The summed E-state index contributed by atoms with van der Waals surface area (Å²) in [6, 6.07) is -0.0723. The number of alkyl halides is 3. The van der Waals surface area contributed by atoms with Crippen LogP contribution in [0.1, 0.15) is 42.5 Å². The summed E-state index contributed by atoms with van der Waals surface area (Å²) >= 11 is 0. The predicted octanol–water partition coefficient (Wildman–Crippen LogP) is 2.40. The summed E-state index contributed by atoms with van der Waals surface area (Å²) in [7, 11) is 1.37. The molecule has 1 unspecified atom stereocenters. The van der Waals surface area contributed by atoms with Gasteiger partial charge in [-0.2, -0.15) is 23.3 Å². The topological polar surface area (TPSA) is 111 Å². The molecule has 0 aromatic carbocycles. The van der Waals surface area contributed by atoms with Crippen molar-refractivity contribution in [3.63, 3.8) is 0 Å². The summed E-state index contributed by atoms with van der Waals surface area (Å²) < 4.78 is 40.6. The monoisotopic (exact) mass is 381 g/mol. The Balaban J connectivity index is 1.61. The van der Waals surface area contributed by atoms with Gasteiger partial charge in [0.1, 0.15) is 11.4 Å². The van der Waals surface area contributed by atoms with Crippen molar-refractivity contribution in [2.75, 3.05) is 17.7 Å². The number of nitrogens with one attached hydrogen (secondary N) is 2. The molecular weight excluding hydrogens is 363 g/mol. The Morgan fingerprint density at radius 1 is 1.37 bits per heavy atom. The second-order valence-electron chi connectivity index (χ2n) is 6.82. The van der Waals surface area contributed by atoms with Gasteiger partial charge in [0, 0.05) is 25.4 Å². The van der Waals surface area contributed by atoms with Gasteiger partial charge < -0.3 is 16.4 Å². The summed E-state index contributed by atoms with van der Waals surface area (Å²) in [5.41, 5.74) is 5.84. The van der Waals surface area contributed by atoms with Crippen LogP contribution in [0.25, 0.3) is 0 Å². The smallest absolute Gasteiger partial charge is 0.372 e. The average Bonchev–Trinajstić information content (AvgIpc) is 3.52. The first-order valence-corrected chi connectivity index (χ1v) is 8.55. The molecule has 2 aliphatic carbocycles. The molecule has 4 N–H and O–H groups in total. The number of primary amides is 1. The van der Waals surface area contributed by atoms with E-state index < -0.39 is 11.7 Å². The molecule has 2 aromatic rings. The van der Waals surface area contributed by atoms with Crippen LogP contribution in [0, 0.1) is 5.92 Å². The highest BCUT2D eigenvalue weighted by atomic mass is 19.4. The van der Waals surface area contributed by atoms with Crippen LogP contribution in [0.5, 0.6) is 0 Å². The molecule has 2 aliphatic rings. The standard InChI is InChI=1S/C16H18F3N7O/c1-21-14-9(16(17,18)19)5-22-15(24-14)23-10-6-26(11-4-8(11)13(20)27)25-12(10)7-2-3-7/h5-8,11H,2-4H2,1H3,(H2,20,27)(H2,21,22,23,24)/t8?,11-/m1/s1. The lowest BCUT2D eigenvalue weighted by Crippen LogP contribution is -2.15. The number of nitrogens with two attached hydrogens (primary N) is 1. The summed E-state index contributed by atoms with van der Waals surface area (Å²) in [4.78, 5) is 19.0. The molecule has 1 amide bonds. The van der Waals surface area contributed by atoms with E-state index in [9.17, 15) is 18.0 Å². The number of anilines is 3. The molecule has 2 heterocycles. The number of halogens is 3. The molecule has 144 valence electrons. The number of carbonyl (C=O) groups is 1. The Hall–Kier alpha value is -2.85. The van der Waals surface area contributed by atoms with Crippen molar-refractivity contribution in [2.45, 2.75) is 37.4 Å². The van der Waals surface area contributed by atoms with E-state index in [-0.39, 0.29) is 35.6 Å². The molecule has 27 heavy (non-hydrogen) atoms. The maximum Gasteiger partial charge on any atom is 0.421 e. The second-order valence-corrected chi connectivity index (χ2v) is 6.82. The maximum absolute atomic E-state index is 13.0. The van der Waals surface area contributed by atoms with Gasteiger partial charge in [-0.3, -0.25) is 9.48 Å². The van der Waals surface area contributed by atoms with E-state index in [1.54, 1.807) is 10.9 Å². The zero-order valence-corrected chi connectivity index (χ0v) is 14.4. The normalized spacial score (nSPS) is 21.8. The summed E-state index contributed by atoms with van der Waals surface area (Å²) in [6.07, 6.45) is 0.558. The molecule has 2 atom stereocenters. The number of aromatic nitrogens is 4. The lowest BCUT2D eigenvalue weighted by molar-refractivity contribution is -0.137. The largest absolute Gasteiger partial charge is 0.421 e. The van der Waals surface area contributed by atoms with Crippen LogP contribution >= 0.6 is 0 Å².